The molecule has 206 valence electrons. The monoisotopic (exact) mass is 546 g/mol. The second kappa shape index (κ2) is 9.44. The third-order valence-electron chi connectivity index (χ3n) is 7.48. The minimum Gasteiger partial charge on any atom is -0.508 e. The highest BCUT2D eigenvalue weighted by atomic mass is 16.5. The van der Waals surface area contributed by atoms with Gasteiger partial charge in [-0.1, -0.05) is 24.3 Å². The van der Waals surface area contributed by atoms with Crippen molar-refractivity contribution in [1.82, 2.24) is 0 Å². The van der Waals surface area contributed by atoms with Crippen LogP contribution < -0.4 is 9.47 Å². The molecule has 0 fully saturated rings. The quantitative estimate of drug-likeness (QED) is 0.177. The number of fused-ring (bicyclic) bond motifs is 2. The number of aliphatic hydroxyl groups is 2. The summed E-state index contributed by atoms with van der Waals surface area (Å²) in [5.74, 6) is -2.27. The van der Waals surface area contributed by atoms with E-state index in [2.05, 4.69) is 0 Å². The Balaban J connectivity index is 1.50. The van der Waals surface area contributed by atoms with Crippen LogP contribution in [0.2, 0.25) is 0 Å². The molecule has 2 aliphatic rings. The highest BCUT2D eigenvalue weighted by molar-refractivity contribution is 5.60. The number of aromatic hydroxyl groups is 6. The molecular formula is C30H26O10. The van der Waals surface area contributed by atoms with Gasteiger partial charge in [-0.25, -0.2) is 0 Å². The Kier molecular flexibility index (Phi) is 6.01. The van der Waals surface area contributed by atoms with Crippen LogP contribution in [0, 0.1) is 0 Å². The van der Waals surface area contributed by atoms with Crippen LogP contribution in [0.4, 0.5) is 0 Å². The Labute approximate surface area is 227 Å². The van der Waals surface area contributed by atoms with Crippen LogP contribution in [-0.2, 0) is 6.42 Å². The fourth-order valence-corrected chi connectivity index (χ4v) is 5.54. The zero-order valence-electron chi connectivity index (χ0n) is 20.8. The predicted octanol–water partition coefficient (Wildman–Crippen LogP) is 3.58. The average molecular weight is 547 g/mol. The Morgan fingerprint density at radius 1 is 0.600 bits per heavy atom. The second-order valence-corrected chi connectivity index (χ2v) is 10.0. The van der Waals surface area contributed by atoms with E-state index >= 15 is 0 Å². The van der Waals surface area contributed by atoms with E-state index in [-0.39, 0.29) is 52.2 Å². The largest absolute Gasteiger partial charge is 0.508 e. The van der Waals surface area contributed by atoms with E-state index in [0.29, 0.717) is 22.3 Å². The lowest BCUT2D eigenvalue weighted by molar-refractivity contribution is 0.00214. The summed E-state index contributed by atoms with van der Waals surface area (Å²) < 4.78 is 12.3. The Bertz CT molecular complexity index is 1620. The highest BCUT2D eigenvalue weighted by Crippen LogP contribution is 2.53. The predicted molar refractivity (Wildman–Crippen MR) is 140 cm³/mol. The molecule has 40 heavy (non-hydrogen) atoms. The maximum Gasteiger partial charge on any atom is 0.157 e. The minimum atomic E-state index is -1.34. The molecule has 0 aliphatic carbocycles. The number of hydrogen-bond acceptors (Lipinski definition) is 10. The lowest BCUT2D eigenvalue weighted by atomic mass is 9.78. The van der Waals surface area contributed by atoms with Gasteiger partial charge in [-0.3, -0.25) is 0 Å². The topological polar surface area (TPSA) is 180 Å². The van der Waals surface area contributed by atoms with Crippen molar-refractivity contribution in [3.8, 4) is 46.0 Å². The molecule has 0 radical (unpaired) electrons. The molecule has 2 heterocycles. The summed E-state index contributed by atoms with van der Waals surface area (Å²) in [6.45, 7) is 0. The molecule has 5 atom stereocenters. The first-order chi connectivity index (χ1) is 19.1. The van der Waals surface area contributed by atoms with Gasteiger partial charge >= 0.3 is 0 Å². The van der Waals surface area contributed by atoms with Gasteiger partial charge in [-0.05, 0) is 53.1 Å². The molecule has 0 aromatic heterocycles. The zero-order valence-corrected chi connectivity index (χ0v) is 20.8. The van der Waals surface area contributed by atoms with Gasteiger partial charge in [-0.2, -0.15) is 0 Å². The van der Waals surface area contributed by atoms with Gasteiger partial charge in [0.25, 0.3) is 0 Å². The molecule has 6 rings (SSSR count). The number of aliphatic hydroxyl groups excluding tert-OH is 2. The number of ether oxygens (including phenoxy) is 2. The molecule has 0 saturated heterocycles. The van der Waals surface area contributed by atoms with E-state index in [1.54, 1.807) is 12.1 Å². The van der Waals surface area contributed by atoms with Crippen molar-refractivity contribution in [2.24, 2.45) is 0 Å². The normalized spacial score (nSPS) is 23.4. The van der Waals surface area contributed by atoms with Gasteiger partial charge in [0.2, 0.25) is 0 Å². The molecule has 5 unspecified atom stereocenters. The smallest absolute Gasteiger partial charge is 0.157 e. The summed E-state index contributed by atoms with van der Waals surface area (Å²) in [5, 5.41) is 83.6. The third-order valence-corrected chi connectivity index (χ3v) is 7.48. The van der Waals surface area contributed by atoms with Crippen molar-refractivity contribution in [2.45, 2.75) is 36.8 Å². The van der Waals surface area contributed by atoms with Crippen molar-refractivity contribution in [1.29, 1.82) is 0 Å². The van der Waals surface area contributed by atoms with Crippen LogP contribution >= 0.6 is 0 Å². The van der Waals surface area contributed by atoms with Crippen LogP contribution in [0.1, 0.15) is 45.9 Å². The number of phenols is 6. The van der Waals surface area contributed by atoms with E-state index in [1.807, 2.05) is 0 Å². The minimum absolute atomic E-state index is 0.0907. The van der Waals surface area contributed by atoms with Gasteiger partial charge in [0.1, 0.15) is 35.2 Å². The van der Waals surface area contributed by atoms with Gasteiger partial charge in [0.15, 0.2) is 29.1 Å². The summed E-state index contributed by atoms with van der Waals surface area (Å²) >= 11 is 0. The average Bonchev–Trinajstić information content (AvgIpc) is 2.92. The zero-order chi connectivity index (χ0) is 28.3. The summed E-state index contributed by atoms with van der Waals surface area (Å²) in [7, 11) is 0. The number of hydrogen-bond donors (Lipinski definition) is 8. The molecule has 4 aromatic carbocycles. The van der Waals surface area contributed by atoms with Crippen molar-refractivity contribution < 1.29 is 50.3 Å². The maximum atomic E-state index is 11.7. The van der Waals surface area contributed by atoms with Crippen molar-refractivity contribution in [3.63, 3.8) is 0 Å². The summed E-state index contributed by atoms with van der Waals surface area (Å²) in [5.41, 5.74) is 1.95. The van der Waals surface area contributed by atoms with E-state index in [1.165, 1.54) is 54.6 Å². The van der Waals surface area contributed by atoms with E-state index in [9.17, 15) is 40.9 Å². The highest BCUT2D eigenvalue weighted by Gasteiger charge is 2.44. The Morgan fingerprint density at radius 3 is 1.88 bits per heavy atom. The SMILES string of the molecule is Oc1ccc2c(c1)OC(c1ccc(O)c(O)c1)C(O)C2c1c(O)ccc2c1OC(c1ccc(O)c(O)c1)C(O)C2. The van der Waals surface area contributed by atoms with E-state index in [4.69, 9.17) is 9.47 Å². The van der Waals surface area contributed by atoms with Crippen molar-refractivity contribution in [2.75, 3.05) is 0 Å². The summed E-state index contributed by atoms with van der Waals surface area (Å²) in [6.07, 6.45) is -4.29. The fourth-order valence-electron chi connectivity index (χ4n) is 5.54. The van der Waals surface area contributed by atoms with Gasteiger partial charge < -0.3 is 50.3 Å². The first-order valence-electron chi connectivity index (χ1n) is 12.5. The lowest BCUT2D eigenvalue weighted by Crippen LogP contribution is -2.36. The molecule has 0 amide bonds. The Hall–Kier alpha value is -4.80. The number of phenolic OH excluding ortho intramolecular Hbond substituents is 6. The molecule has 0 spiro atoms. The van der Waals surface area contributed by atoms with Crippen molar-refractivity contribution in [3.05, 3.63) is 94.5 Å². The summed E-state index contributed by atoms with van der Waals surface area (Å²) in [6, 6.07) is 15.5. The van der Waals surface area contributed by atoms with Crippen LogP contribution in [0.25, 0.3) is 0 Å². The molecule has 4 aromatic rings. The molecule has 10 heteroatoms. The van der Waals surface area contributed by atoms with E-state index < -0.39 is 36.1 Å². The first kappa shape index (κ1) is 25.5. The molecule has 0 saturated carbocycles. The van der Waals surface area contributed by atoms with Gasteiger partial charge in [0.05, 0.1) is 6.10 Å². The molecule has 0 bridgehead atoms. The van der Waals surface area contributed by atoms with Crippen LogP contribution in [0.5, 0.6) is 46.0 Å². The summed E-state index contributed by atoms with van der Waals surface area (Å²) in [4.78, 5) is 0. The third kappa shape index (κ3) is 4.14. The number of benzene rings is 4. The Morgan fingerprint density at radius 2 is 1.23 bits per heavy atom. The lowest BCUT2D eigenvalue weighted by Gasteiger charge is -2.40. The van der Waals surface area contributed by atoms with Gasteiger partial charge in [0, 0.05) is 29.5 Å². The standard InChI is InChI=1S/C30H26O10/c31-16-4-5-17-24(12-16)39-30(15-2-7-19(33)22(36)10-15)27(38)25(17)26-20(34)8-3-14-11-23(37)28(40-29(14)26)13-1-6-18(32)21(35)9-13/h1-10,12,23,25,27-28,30-38H,11H2. The first-order valence-corrected chi connectivity index (χ1v) is 12.5. The molecule has 10 nitrogen and oxygen atoms in total. The fraction of sp³-hybridized carbons (Fsp3) is 0.200. The van der Waals surface area contributed by atoms with E-state index in [0.717, 1.165) is 0 Å². The van der Waals surface area contributed by atoms with Crippen LogP contribution in [0.3, 0.4) is 0 Å². The van der Waals surface area contributed by atoms with Crippen molar-refractivity contribution >= 4 is 0 Å². The maximum absolute atomic E-state index is 11.7. The number of rotatable bonds is 3. The second-order valence-electron chi connectivity index (χ2n) is 10.0. The molecular weight excluding hydrogens is 520 g/mol. The van der Waals surface area contributed by atoms with Crippen LogP contribution in [0.15, 0.2) is 66.7 Å². The molecule has 2 aliphatic heterocycles. The van der Waals surface area contributed by atoms with Gasteiger partial charge in [-0.15, -0.1) is 0 Å². The molecule has 8 N–H and O–H groups in total. The van der Waals surface area contributed by atoms with Crippen LogP contribution in [-0.4, -0.2) is 53.1 Å².